The molecule has 0 saturated carbocycles. The van der Waals surface area contributed by atoms with Gasteiger partial charge in [0.2, 0.25) is 0 Å². The Balaban J connectivity index is 3.64. The molecule has 2 atom stereocenters. The van der Waals surface area contributed by atoms with Crippen LogP contribution in [0.1, 0.15) is 0 Å². The van der Waals surface area contributed by atoms with Crippen LogP contribution in [0.3, 0.4) is 0 Å². The monoisotopic (exact) mass is 274 g/mol. The average molecular weight is 276 g/mol. The van der Waals surface area contributed by atoms with Crippen LogP contribution in [0.25, 0.3) is 0 Å². The summed E-state index contributed by atoms with van der Waals surface area (Å²) in [6, 6.07) is 0. The zero-order valence-electron chi connectivity index (χ0n) is 4.17. The van der Waals surface area contributed by atoms with E-state index in [1.54, 1.807) is 0 Å². The van der Waals surface area contributed by atoms with Crippen molar-refractivity contribution in [2.75, 3.05) is 0 Å². The van der Waals surface area contributed by atoms with E-state index in [1.165, 1.54) is 0 Å². The van der Waals surface area contributed by atoms with Gasteiger partial charge < -0.3 is 0 Å². The quantitative estimate of drug-likeness (QED) is 0.540. The van der Waals surface area contributed by atoms with Crippen molar-refractivity contribution in [3.05, 3.63) is 23.8 Å². The van der Waals surface area contributed by atoms with Gasteiger partial charge >= 0.3 is 0 Å². The van der Waals surface area contributed by atoms with Gasteiger partial charge in [-0.1, -0.05) is 44.1 Å². The van der Waals surface area contributed by atoms with E-state index in [1.807, 2.05) is 0 Å². The maximum Gasteiger partial charge on any atom is -0.0156 e. The molecule has 2 unspecified atom stereocenters. The molecule has 0 spiro atoms. The number of halogens is 2. The lowest BCUT2D eigenvalue weighted by atomic mass is 10.6. The zero-order valence-corrected chi connectivity index (χ0v) is 9.34. The third kappa shape index (κ3) is 3.35. The fourth-order valence-electron chi connectivity index (χ4n) is 0.114. The van der Waals surface area contributed by atoms with E-state index in [-0.39, 0.29) is 0 Å². The molecule has 0 amide bonds. The van der Waals surface area contributed by atoms with Crippen molar-refractivity contribution in [1.82, 2.24) is 0 Å². The Kier molecular flexibility index (Phi) is 5.94. The van der Waals surface area contributed by atoms with E-state index < -0.39 is 0 Å². The van der Waals surface area contributed by atoms with Crippen LogP contribution < -0.4 is 0 Å². The highest BCUT2D eigenvalue weighted by Gasteiger charge is 1.93. The van der Waals surface area contributed by atoms with E-state index in [0.717, 1.165) is 10.6 Å². The lowest BCUT2D eigenvalue weighted by Crippen LogP contribution is -1.61. The van der Waals surface area contributed by atoms with Crippen molar-refractivity contribution in [1.29, 1.82) is 0 Å². The Morgan fingerprint density at radius 1 is 1.00 bits per heavy atom. The first-order valence-electron chi connectivity index (χ1n) is 1.84. The molecule has 0 fully saturated rings. The predicted molar refractivity (Wildman–Crippen MR) is 52.8 cm³/mol. The van der Waals surface area contributed by atoms with Crippen molar-refractivity contribution in [3.63, 3.8) is 0 Å². The molecule has 0 radical (unpaired) electrons. The summed E-state index contributed by atoms with van der Waals surface area (Å²) in [6.45, 7) is 7.57. The lowest BCUT2D eigenvalue weighted by molar-refractivity contribution is 1.98. The SMILES string of the molecule is C=C(PBr)C(=C)PBr. The van der Waals surface area contributed by atoms with Gasteiger partial charge in [-0.15, -0.1) is 0 Å². The molecule has 4 heteroatoms. The van der Waals surface area contributed by atoms with Gasteiger partial charge in [0.15, 0.2) is 0 Å². The van der Waals surface area contributed by atoms with Crippen molar-refractivity contribution in [2.45, 2.75) is 0 Å². The minimum absolute atomic E-state index is 0.614. The van der Waals surface area contributed by atoms with E-state index in [0.29, 0.717) is 14.6 Å². The lowest BCUT2D eigenvalue weighted by Gasteiger charge is -1.98. The van der Waals surface area contributed by atoms with E-state index in [2.05, 4.69) is 44.1 Å². The van der Waals surface area contributed by atoms with Crippen LogP contribution in [0.4, 0.5) is 0 Å². The molecule has 46 valence electrons. The number of rotatable bonds is 3. The summed E-state index contributed by atoms with van der Waals surface area (Å²) in [5.41, 5.74) is 0. The first kappa shape index (κ1) is 9.30. The molecule has 0 aromatic carbocycles. The first-order chi connectivity index (χ1) is 3.72. The Labute approximate surface area is 69.2 Å². The smallest absolute Gasteiger partial charge is 0.0156 e. The fourth-order valence-corrected chi connectivity index (χ4v) is 3.25. The van der Waals surface area contributed by atoms with E-state index in [9.17, 15) is 0 Å². The minimum Gasteiger partial charge on any atom is -0.0901 e. The van der Waals surface area contributed by atoms with Crippen molar-refractivity contribution in [3.8, 4) is 0 Å². The highest BCUT2D eigenvalue weighted by molar-refractivity contribution is 9.37. The van der Waals surface area contributed by atoms with Gasteiger partial charge in [0.25, 0.3) is 0 Å². The molecular weight excluding hydrogens is 270 g/mol. The topological polar surface area (TPSA) is 0 Å². The second-order valence-electron chi connectivity index (χ2n) is 1.15. The van der Waals surface area contributed by atoms with Crippen LogP contribution in [0, 0.1) is 0 Å². The summed E-state index contributed by atoms with van der Waals surface area (Å²) in [6.07, 6.45) is 0. The summed E-state index contributed by atoms with van der Waals surface area (Å²) in [4.78, 5) is 0. The second-order valence-corrected chi connectivity index (χ2v) is 5.11. The first-order valence-corrected chi connectivity index (χ1v) is 8.35. The van der Waals surface area contributed by atoms with Crippen molar-refractivity contribution >= 4 is 45.5 Å². The van der Waals surface area contributed by atoms with Crippen LogP contribution >= 0.6 is 45.5 Å². The maximum absolute atomic E-state index is 3.79. The van der Waals surface area contributed by atoms with E-state index in [4.69, 9.17) is 0 Å². The molecule has 0 aliphatic heterocycles. The summed E-state index contributed by atoms with van der Waals surface area (Å²) < 4.78 is 0. The van der Waals surface area contributed by atoms with Gasteiger partial charge in [-0.2, -0.15) is 0 Å². The van der Waals surface area contributed by atoms with Crippen LogP contribution in [-0.2, 0) is 0 Å². The van der Waals surface area contributed by atoms with Crippen LogP contribution in [0.5, 0.6) is 0 Å². The molecule has 0 aliphatic carbocycles. The molecule has 8 heavy (non-hydrogen) atoms. The number of hydrogen-bond acceptors (Lipinski definition) is 0. The summed E-state index contributed by atoms with van der Waals surface area (Å²) >= 11 is 6.61. The molecule has 0 heterocycles. The summed E-state index contributed by atoms with van der Waals surface area (Å²) in [5, 5.41) is 2.19. The average Bonchev–Trinajstić information content (AvgIpc) is 1.84. The Bertz CT molecular complexity index is 96.6. The largest absolute Gasteiger partial charge is 0.0901 e. The van der Waals surface area contributed by atoms with Gasteiger partial charge in [-0.3, -0.25) is 0 Å². The molecule has 0 aromatic heterocycles. The van der Waals surface area contributed by atoms with E-state index >= 15 is 0 Å². The predicted octanol–water partition coefficient (Wildman–Crippen LogP) is 3.99. The van der Waals surface area contributed by atoms with Gasteiger partial charge in [0.05, 0.1) is 0 Å². The Hall–Kier alpha value is 1.30. The fraction of sp³-hybridized carbons (Fsp3) is 0. The summed E-state index contributed by atoms with van der Waals surface area (Å²) in [5.74, 6) is 0. The molecule has 0 aliphatic rings. The number of allylic oxidation sites excluding steroid dienone is 2. The van der Waals surface area contributed by atoms with Gasteiger partial charge in [-0.25, -0.2) is 0 Å². The third-order valence-corrected chi connectivity index (χ3v) is 4.77. The minimum atomic E-state index is 0.614. The molecule has 0 nitrogen and oxygen atoms in total. The zero-order chi connectivity index (χ0) is 6.57. The highest BCUT2D eigenvalue weighted by Crippen LogP contribution is 2.44. The van der Waals surface area contributed by atoms with Crippen LogP contribution in [0.2, 0.25) is 0 Å². The standard InChI is InChI=1S/C4H6Br2P2/c1-3(7-5)4(2)8-6/h7-8H,1-2H2. The highest BCUT2D eigenvalue weighted by atomic mass is 79.9. The molecule has 0 rings (SSSR count). The summed E-state index contributed by atoms with van der Waals surface area (Å²) in [7, 11) is 1.23. The van der Waals surface area contributed by atoms with Crippen LogP contribution in [0.15, 0.2) is 23.8 Å². The van der Waals surface area contributed by atoms with Crippen molar-refractivity contribution in [2.24, 2.45) is 0 Å². The van der Waals surface area contributed by atoms with Gasteiger partial charge in [0.1, 0.15) is 0 Å². The van der Waals surface area contributed by atoms with Crippen molar-refractivity contribution < 1.29 is 0 Å². The molecule has 0 bridgehead atoms. The molecule has 0 N–H and O–H groups in total. The van der Waals surface area contributed by atoms with Gasteiger partial charge in [0, 0.05) is 0 Å². The molecular formula is C4H6Br2P2. The Morgan fingerprint density at radius 2 is 1.25 bits per heavy atom. The molecule has 0 aromatic rings. The van der Waals surface area contributed by atoms with Crippen LogP contribution in [-0.4, -0.2) is 0 Å². The normalized spacial score (nSPS) is 11.8. The maximum atomic E-state index is 3.79. The molecule has 0 saturated heterocycles. The van der Waals surface area contributed by atoms with Gasteiger partial charge in [-0.05, 0) is 25.2 Å². The Morgan fingerprint density at radius 3 is 1.38 bits per heavy atom. The third-order valence-electron chi connectivity index (χ3n) is 0.592. The number of hydrogen-bond donors (Lipinski definition) is 0. The second kappa shape index (κ2) is 5.11.